The van der Waals surface area contributed by atoms with E-state index in [1.54, 1.807) is 0 Å². The van der Waals surface area contributed by atoms with Crippen LogP contribution in [0.5, 0.6) is 0 Å². The van der Waals surface area contributed by atoms with E-state index in [2.05, 4.69) is 43.5 Å². The Morgan fingerprint density at radius 2 is 1.92 bits per heavy atom. The third kappa shape index (κ3) is 4.68. The van der Waals surface area contributed by atoms with Gasteiger partial charge in [0.1, 0.15) is 5.82 Å². The van der Waals surface area contributed by atoms with Crippen LogP contribution in [-0.4, -0.2) is 29.3 Å². The van der Waals surface area contributed by atoms with Gasteiger partial charge in [-0.1, -0.05) is 58.0 Å². The summed E-state index contributed by atoms with van der Waals surface area (Å²) in [5.41, 5.74) is 2.05. The van der Waals surface area contributed by atoms with Crippen molar-refractivity contribution in [3.63, 3.8) is 0 Å². The fourth-order valence-corrected chi connectivity index (χ4v) is 2.41. The van der Waals surface area contributed by atoms with Gasteiger partial charge in [-0.3, -0.25) is 4.79 Å². The lowest BCUT2D eigenvalue weighted by Crippen LogP contribution is -2.29. The van der Waals surface area contributed by atoms with E-state index in [-0.39, 0.29) is 17.2 Å². The van der Waals surface area contributed by atoms with Crippen LogP contribution in [0.25, 0.3) is 0 Å². The van der Waals surface area contributed by atoms with Crippen LogP contribution in [0.4, 0.5) is 5.82 Å². The molecule has 1 amide bonds. The first-order valence-corrected chi connectivity index (χ1v) is 8.39. The Labute approximate surface area is 144 Å². The molecule has 24 heavy (non-hydrogen) atoms. The number of hydrogen-bond acceptors (Lipinski definition) is 3. The minimum absolute atomic E-state index is 0.000907. The lowest BCUT2D eigenvalue weighted by atomic mass is 9.92. The summed E-state index contributed by atoms with van der Waals surface area (Å²) in [6, 6.07) is 12.1. The van der Waals surface area contributed by atoms with E-state index in [4.69, 9.17) is 5.10 Å². The van der Waals surface area contributed by atoms with Crippen LogP contribution >= 0.6 is 0 Å². The van der Waals surface area contributed by atoms with Gasteiger partial charge >= 0.3 is 0 Å². The van der Waals surface area contributed by atoms with Crippen molar-refractivity contribution in [2.45, 2.75) is 39.7 Å². The molecule has 0 fully saturated rings. The van der Waals surface area contributed by atoms with E-state index in [9.17, 15) is 4.79 Å². The highest BCUT2D eigenvalue weighted by Crippen LogP contribution is 2.25. The number of carbonyl (C=O) groups is 1. The largest absolute Gasteiger partial charge is 0.319 e. The predicted octanol–water partition coefficient (Wildman–Crippen LogP) is 3.02. The average Bonchev–Trinajstić information content (AvgIpc) is 2.91. The first-order valence-electron chi connectivity index (χ1n) is 8.39. The summed E-state index contributed by atoms with van der Waals surface area (Å²) in [5, 5.41) is 10.8. The zero-order valence-corrected chi connectivity index (χ0v) is 15.3. The third-order valence-electron chi connectivity index (χ3n) is 3.93. The van der Waals surface area contributed by atoms with Crippen LogP contribution in [-0.2, 0) is 16.8 Å². The van der Waals surface area contributed by atoms with Crippen molar-refractivity contribution in [3.05, 3.63) is 47.7 Å². The molecule has 0 aliphatic rings. The molecule has 0 spiro atoms. The molecule has 1 heterocycles. The standard InChI is InChI=1S/C19H28N4O/c1-14(12-20-5)18(24)21-17-11-16(19(2,3)4)22-23(17)13-15-9-7-6-8-10-15/h6-11,14,20H,12-13H2,1-5H3,(H,21,24). The number of hydrogen-bond donors (Lipinski definition) is 2. The van der Waals surface area contributed by atoms with Crippen molar-refractivity contribution in [2.24, 2.45) is 5.92 Å². The quantitative estimate of drug-likeness (QED) is 0.857. The Balaban J connectivity index is 2.27. The van der Waals surface area contributed by atoms with Gasteiger partial charge in [-0.2, -0.15) is 5.10 Å². The van der Waals surface area contributed by atoms with Crippen molar-refractivity contribution in [1.82, 2.24) is 15.1 Å². The fourth-order valence-electron chi connectivity index (χ4n) is 2.41. The second kappa shape index (κ2) is 7.62. The molecule has 0 radical (unpaired) electrons. The maximum absolute atomic E-state index is 12.4. The maximum Gasteiger partial charge on any atom is 0.229 e. The van der Waals surface area contributed by atoms with Gasteiger partial charge in [-0.05, 0) is 12.6 Å². The highest BCUT2D eigenvalue weighted by atomic mass is 16.2. The lowest BCUT2D eigenvalue weighted by Gasteiger charge is -2.14. The summed E-state index contributed by atoms with van der Waals surface area (Å²) in [6.07, 6.45) is 0. The number of carbonyl (C=O) groups excluding carboxylic acids is 1. The van der Waals surface area contributed by atoms with E-state index < -0.39 is 0 Å². The Bertz CT molecular complexity index is 670. The summed E-state index contributed by atoms with van der Waals surface area (Å²) in [4.78, 5) is 12.4. The number of benzene rings is 1. The van der Waals surface area contributed by atoms with Gasteiger partial charge in [0.15, 0.2) is 0 Å². The van der Waals surface area contributed by atoms with Gasteiger partial charge in [-0.25, -0.2) is 4.68 Å². The van der Waals surface area contributed by atoms with Crippen molar-refractivity contribution in [3.8, 4) is 0 Å². The molecule has 2 aromatic rings. The highest BCUT2D eigenvalue weighted by Gasteiger charge is 2.22. The number of nitrogens with zero attached hydrogens (tertiary/aromatic N) is 2. The van der Waals surface area contributed by atoms with Crippen LogP contribution in [0.1, 0.15) is 39.0 Å². The first-order chi connectivity index (χ1) is 11.3. The summed E-state index contributed by atoms with van der Waals surface area (Å²) in [6.45, 7) is 9.55. The Hall–Kier alpha value is -2.14. The second-order valence-corrected chi connectivity index (χ2v) is 7.26. The van der Waals surface area contributed by atoms with Gasteiger partial charge in [0.2, 0.25) is 5.91 Å². The summed E-state index contributed by atoms with van der Waals surface area (Å²) in [5.74, 6) is 0.643. The molecule has 0 aliphatic carbocycles. The zero-order valence-electron chi connectivity index (χ0n) is 15.3. The minimum atomic E-state index is -0.104. The molecule has 1 atom stereocenters. The van der Waals surface area contributed by atoms with Gasteiger partial charge in [0.05, 0.1) is 12.2 Å². The average molecular weight is 328 g/mol. The molecule has 2 N–H and O–H groups in total. The topological polar surface area (TPSA) is 59.0 Å². The first kappa shape index (κ1) is 18.2. The van der Waals surface area contributed by atoms with E-state index in [0.29, 0.717) is 13.1 Å². The summed E-state index contributed by atoms with van der Waals surface area (Å²) in [7, 11) is 1.85. The Morgan fingerprint density at radius 1 is 1.25 bits per heavy atom. The Kier molecular flexibility index (Phi) is 5.78. The fraction of sp³-hybridized carbons (Fsp3) is 0.474. The number of amides is 1. The molecule has 2 rings (SSSR count). The van der Waals surface area contributed by atoms with Crippen LogP contribution in [0, 0.1) is 5.92 Å². The van der Waals surface area contributed by atoms with Gasteiger partial charge in [0.25, 0.3) is 0 Å². The molecule has 1 aromatic carbocycles. The van der Waals surface area contributed by atoms with E-state index in [1.165, 1.54) is 0 Å². The molecule has 0 bridgehead atoms. The third-order valence-corrected chi connectivity index (χ3v) is 3.93. The minimum Gasteiger partial charge on any atom is -0.319 e. The van der Waals surface area contributed by atoms with Crippen LogP contribution in [0.2, 0.25) is 0 Å². The molecule has 5 nitrogen and oxygen atoms in total. The highest BCUT2D eigenvalue weighted by molar-refractivity contribution is 5.91. The molecule has 0 saturated heterocycles. The summed E-state index contributed by atoms with van der Waals surface area (Å²) < 4.78 is 1.87. The van der Waals surface area contributed by atoms with Crippen molar-refractivity contribution in [1.29, 1.82) is 0 Å². The number of anilines is 1. The van der Waals surface area contributed by atoms with Gasteiger partial charge < -0.3 is 10.6 Å². The predicted molar refractivity (Wildman–Crippen MR) is 98.2 cm³/mol. The smallest absolute Gasteiger partial charge is 0.229 e. The van der Waals surface area contributed by atoms with E-state index in [1.807, 2.05) is 42.9 Å². The summed E-state index contributed by atoms with van der Waals surface area (Å²) >= 11 is 0. The molecule has 1 aromatic heterocycles. The van der Waals surface area contributed by atoms with Crippen LogP contribution in [0.3, 0.4) is 0 Å². The van der Waals surface area contributed by atoms with Crippen LogP contribution < -0.4 is 10.6 Å². The molecule has 0 saturated carbocycles. The van der Waals surface area contributed by atoms with E-state index >= 15 is 0 Å². The molecule has 1 unspecified atom stereocenters. The molecule has 130 valence electrons. The van der Waals surface area contributed by atoms with Crippen molar-refractivity contribution in [2.75, 3.05) is 18.9 Å². The monoisotopic (exact) mass is 328 g/mol. The molecule has 5 heteroatoms. The van der Waals surface area contributed by atoms with Crippen molar-refractivity contribution < 1.29 is 4.79 Å². The SMILES string of the molecule is CNCC(C)C(=O)Nc1cc(C(C)(C)C)nn1Cc1ccccc1. The molecule has 0 aliphatic heterocycles. The van der Waals surface area contributed by atoms with Crippen molar-refractivity contribution >= 4 is 11.7 Å². The number of aromatic nitrogens is 2. The number of nitrogens with one attached hydrogen (secondary N) is 2. The Morgan fingerprint density at radius 3 is 2.50 bits per heavy atom. The zero-order chi connectivity index (χ0) is 17.7. The van der Waals surface area contributed by atoms with Gasteiger partial charge in [0, 0.05) is 23.9 Å². The van der Waals surface area contributed by atoms with Gasteiger partial charge in [-0.15, -0.1) is 0 Å². The maximum atomic E-state index is 12.4. The number of rotatable bonds is 6. The van der Waals surface area contributed by atoms with Crippen LogP contribution in [0.15, 0.2) is 36.4 Å². The molecular weight excluding hydrogens is 300 g/mol. The van der Waals surface area contributed by atoms with E-state index in [0.717, 1.165) is 17.1 Å². The lowest BCUT2D eigenvalue weighted by molar-refractivity contribution is -0.119. The molecular formula is C19H28N4O. The normalized spacial score (nSPS) is 12.9. The second-order valence-electron chi connectivity index (χ2n) is 7.26.